The molecule has 4 rings (SSSR count). The van der Waals surface area contributed by atoms with E-state index in [0.717, 1.165) is 21.8 Å². The molecule has 1 amide bonds. The molecule has 8 heteroatoms. The monoisotopic (exact) mass is 483 g/mol. The number of carbonyl (C=O) groups is 1. The van der Waals surface area contributed by atoms with Crippen LogP contribution < -0.4 is 10.1 Å². The molecule has 0 fully saturated rings. The summed E-state index contributed by atoms with van der Waals surface area (Å²) in [4.78, 5) is 18.4. The Balaban J connectivity index is 1.42. The number of hydrogen-bond acceptors (Lipinski definition) is 5. The topological polar surface area (TPSA) is 75.9 Å². The van der Waals surface area contributed by atoms with E-state index in [1.165, 1.54) is 0 Å². The molecule has 172 valence electrons. The molecule has 0 aliphatic carbocycles. The summed E-state index contributed by atoms with van der Waals surface area (Å²) in [5.74, 6) is 0.314. The molecule has 1 atom stereocenters. The van der Waals surface area contributed by atoms with Crippen LogP contribution in [0.25, 0.3) is 16.2 Å². The van der Waals surface area contributed by atoms with Gasteiger partial charge in [-0.05, 0) is 50.5 Å². The van der Waals surface area contributed by atoms with Crippen LogP contribution >= 0.6 is 22.9 Å². The van der Waals surface area contributed by atoms with Crippen molar-refractivity contribution in [3.05, 3.63) is 76.4 Å². The van der Waals surface area contributed by atoms with Gasteiger partial charge in [-0.25, -0.2) is 4.98 Å². The number of aliphatic hydroxyl groups excluding tert-OH is 1. The molecule has 0 radical (unpaired) electrons. The maximum Gasteiger partial charge on any atom is 0.251 e. The molecule has 0 aliphatic rings. The largest absolute Gasteiger partial charge is 0.489 e. The number of fused-ring (bicyclic) bond motifs is 1. The number of rotatable bonds is 9. The molecule has 2 aromatic heterocycles. The molecule has 2 aromatic carbocycles. The molecular formula is C25H26ClN3O3S. The number of nitrogens with one attached hydrogen (secondary N) is 1. The first kappa shape index (κ1) is 23.3. The average molecular weight is 484 g/mol. The highest BCUT2D eigenvalue weighted by atomic mass is 35.5. The zero-order valence-corrected chi connectivity index (χ0v) is 20.1. The van der Waals surface area contributed by atoms with Gasteiger partial charge in [0.1, 0.15) is 5.75 Å². The average Bonchev–Trinajstić information content (AvgIpc) is 3.38. The number of ether oxygens (including phenoxy) is 1. The van der Waals surface area contributed by atoms with Gasteiger partial charge in [0.25, 0.3) is 5.91 Å². The van der Waals surface area contributed by atoms with Gasteiger partial charge in [-0.1, -0.05) is 35.9 Å². The van der Waals surface area contributed by atoms with Crippen LogP contribution in [0.4, 0.5) is 0 Å². The maximum atomic E-state index is 12.8. The summed E-state index contributed by atoms with van der Waals surface area (Å²) in [5, 5.41) is 14.9. The van der Waals surface area contributed by atoms with Crippen LogP contribution in [-0.2, 0) is 6.42 Å². The number of carbonyl (C=O) groups excluding carboxylic acids is 1. The lowest BCUT2D eigenvalue weighted by Crippen LogP contribution is -2.37. The molecule has 0 aliphatic heterocycles. The Hall–Kier alpha value is -2.87. The Morgan fingerprint density at radius 2 is 2.03 bits per heavy atom. The fraction of sp³-hybridized carbons (Fsp3) is 0.280. The lowest BCUT2D eigenvalue weighted by atomic mass is 10.0. The summed E-state index contributed by atoms with van der Waals surface area (Å²) in [6, 6.07) is 12.9. The lowest BCUT2D eigenvalue weighted by molar-refractivity contribution is 0.0930. The van der Waals surface area contributed by atoms with Crippen molar-refractivity contribution in [1.29, 1.82) is 0 Å². The first-order valence-corrected chi connectivity index (χ1v) is 12.1. The molecule has 0 spiro atoms. The molecule has 2 heterocycles. The van der Waals surface area contributed by atoms with Crippen LogP contribution in [0.1, 0.15) is 36.2 Å². The third kappa shape index (κ3) is 5.74. The van der Waals surface area contributed by atoms with Crippen LogP contribution in [-0.4, -0.2) is 39.2 Å². The predicted octanol–water partition coefficient (Wildman–Crippen LogP) is 5.23. The minimum Gasteiger partial charge on any atom is -0.489 e. The molecule has 0 saturated carbocycles. The Morgan fingerprint density at radius 3 is 2.70 bits per heavy atom. The molecule has 0 saturated heterocycles. The van der Waals surface area contributed by atoms with Gasteiger partial charge in [-0.15, -0.1) is 11.3 Å². The maximum absolute atomic E-state index is 12.8. The Kier molecular flexibility index (Phi) is 7.33. The zero-order chi connectivity index (χ0) is 23.4. The van der Waals surface area contributed by atoms with E-state index in [0.29, 0.717) is 29.2 Å². The summed E-state index contributed by atoms with van der Waals surface area (Å²) in [7, 11) is 0. The van der Waals surface area contributed by atoms with Gasteiger partial charge in [-0.2, -0.15) is 0 Å². The number of imidazole rings is 1. The smallest absolute Gasteiger partial charge is 0.251 e. The van der Waals surface area contributed by atoms with E-state index in [1.54, 1.807) is 29.5 Å². The van der Waals surface area contributed by atoms with Crippen LogP contribution in [0.3, 0.4) is 0 Å². The molecule has 2 N–H and O–H groups in total. The van der Waals surface area contributed by atoms with Crippen molar-refractivity contribution in [3.8, 4) is 17.0 Å². The van der Waals surface area contributed by atoms with E-state index >= 15 is 0 Å². The summed E-state index contributed by atoms with van der Waals surface area (Å²) >= 11 is 7.88. The van der Waals surface area contributed by atoms with Crippen LogP contribution in [0.2, 0.25) is 5.02 Å². The summed E-state index contributed by atoms with van der Waals surface area (Å²) in [6.07, 6.45) is 5.05. The van der Waals surface area contributed by atoms with Crippen molar-refractivity contribution in [2.75, 3.05) is 6.61 Å². The molecule has 0 bridgehead atoms. The van der Waals surface area contributed by atoms with Gasteiger partial charge in [0, 0.05) is 41.5 Å². The van der Waals surface area contributed by atoms with Crippen LogP contribution in [0.5, 0.6) is 5.75 Å². The summed E-state index contributed by atoms with van der Waals surface area (Å²) in [5.41, 5.74) is 3.48. The second-order valence-corrected chi connectivity index (χ2v) is 9.39. The molecule has 0 unspecified atom stereocenters. The number of halogens is 1. The Labute approximate surface area is 201 Å². The van der Waals surface area contributed by atoms with Crippen molar-refractivity contribution in [2.45, 2.75) is 38.8 Å². The Morgan fingerprint density at radius 1 is 1.24 bits per heavy atom. The quantitative estimate of drug-likeness (QED) is 0.342. The highest BCUT2D eigenvalue weighted by molar-refractivity contribution is 7.15. The van der Waals surface area contributed by atoms with Gasteiger partial charge in [-0.3, -0.25) is 9.20 Å². The van der Waals surface area contributed by atoms with Crippen molar-refractivity contribution in [2.24, 2.45) is 0 Å². The lowest BCUT2D eigenvalue weighted by Gasteiger charge is -2.19. The van der Waals surface area contributed by atoms with Crippen LogP contribution in [0.15, 0.2) is 60.2 Å². The number of nitrogens with zero attached hydrogens (tertiary/aromatic N) is 2. The Bertz CT molecular complexity index is 1200. The number of benzene rings is 2. The van der Waals surface area contributed by atoms with Gasteiger partial charge < -0.3 is 15.2 Å². The van der Waals surface area contributed by atoms with E-state index in [-0.39, 0.29) is 24.7 Å². The fourth-order valence-electron chi connectivity index (χ4n) is 3.60. The third-order valence-corrected chi connectivity index (χ3v) is 6.26. The fourth-order valence-corrected chi connectivity index (χ4v) is 4.53. The number of thiazole rings is 1. The van der Waals surface area contributed by atoms with E-state index in [4.69, 9.17) is 16.3 Å². The molecule has 6 nitrogen and oxygen atoms in total. The van der Waals surface area contributed by atoms with E-state index in [2.05, 4.69) is 10.3 Å². The van der Waals surface area contributed by atoms with Gasteiger partial charge >= 0.3 is 0 Å². The van der Waals surface area contributed by atoms with Gasteiger partial charge in [0.05, 0.1) is 16.8 Å². The minimum absolute atomic E-state index is 0.00671. The van der Waals surface area contributed by atoms with E-state index < -0.39 is 0 Å². The SMILES string of the molecule is CC(C)Oc1ccc(C(=O)N[C@H](CCO)Cc2ccc(-c3cn4ccsc4n3)cc2)cc1Cl. The number of hydrogen-bond donors (Lipinski definition) is 2. The highest BCUT2D eigenvalue weighted by Gasteiger charge is 2.16. The number of aromatic nitrogens is 2. The first-order valence-electron chi connectivity index (χ1n) is 10.8. The van der Waals surface area contributed by atoms with Crippen molar-refractivity contribution in [3.63, 3.8) is 0 Å². The van der Waals surface area contributed by atoms with Gasteiger partial charge in [0.2, 0.25) is 0 Å². The normalized spacial score (nSPS) is 12.3. The van der Waals surface area contributed by atoms with Crippen molar-refractivity contribution < 1.29 is 14.6 Å². The van der Waals surface area contributed by atoms with Crippen molar-refractivity contribution >= 4 is 33.8 Å². The summed E-state index contributed by atoms with van der Waals surface area (Å²) in [6.45, 7) is 3.82. The molecule has 33 heavy (non-hydrogen) atoms. The van der Waals surface area contributed by atoms with Gasteiger partial charge in [0.15, 0.2) is 4.96 Å². The van der Waals surface area contributed by atoms with E-state index in [9.17, 15) is 9.90 Å². The zero-order valence-electron chi connectivity index (χ0n) is 18.5. The molecular weight excluding hydrogens is 458 g/mol. The van der Waals surface area contributed by atoms with Crippen LogP contribution in [0, 0.1) is 0 Å². The number of amides is 1. The third-order valence-electron chi connectivity index (χ3n) is 5.19. The highest BCUT2D eigenvalue weighted by Crippen LogP contribution is 2.27. The first-order chi connectivity index (χ1) is 15.9. The minimum atomic E-state index is -0.235. The summed E-state index contributed by atoms with van der Waals surface area (Å²) < 4.78 is 7.64. The predicted molar refractivity (Wildman–Crippen MR) is 132 cm³/mol. The van der Waals surface area contributed by atoms with E-state index in [1.807, 2.05) is 60.3 Å². The standard InChI is InChI=1S/C25H26ClN3O3S/c1-16(2)32-23-8-7-19(14-21(23)26)24(31)27-20(9-11-30)13-17-3-5-18(6-4-17)22-15-29-10-12-33-25(29)28-22/h3-8,10,12,14-16,20,30H,9,11,13H2,1-2H3,(H,27,31)/t20-/m1/s1. The second-order valence-electron chi connectivity index (χ2n) is 8.11. The van der Waals surface area contributed by atoms with Crippen molar-refractivity contribution in [1.82, 2.24) is 14.7 Å². The number of aliphatic hydroxyl groups is 1. The second kappa shape index (κ2) is 10.4. The molecule has 4 aromatic rings.